The molecule has 1 aromatic carbocycles. The second-order valence-corrected chi connectivity index (χ2v) is 5.07. The number of para-hydroxylation sites is 1. The average molecular weight is 280 g/mol. The van der Waals surface area contributed by atoms with Crippen molar-refractivity contribution < 1.29 is 14.4 Å². The van der Waals surface area contributed by atoms with Gasteiger partial charge in [0.1, 0.15) is 12.2 Å². The van der Waals surface area contributed by atoms with Crippen LogP contribution in [0.15, 0.2) is 18.2 Å². The molecule has 2 rings (SSSR count). The van der Waals surface area contributed by atoms with Gasteiger partial charge in [-0.15, -0.1) is 0 Å². The second-order valence-electron chi connectivity index (χ2n) is 5.07. The first kappa shape index (κ1) is 14.7. The first-order valence-electron chi connectivity index (χ1n) is 6.82. The Labute approximate surface area is 118 Å². The summed E-state index contributed by atoms with van der Waals surface area (Å²) < 4.78 is 11.5. The number of rotatable bonds is 6. The number of nitro groups is 1. The van der Waals surface area contributed by atoms with Gasteiger partial charge in [0.15, 0.2) is 5.75 Å². The van der Waals surface area contributed by atoms with Crippen LogP contribution in [-0.2, 0) is 4.74 Å². The number of nitro benzene ring substituents is 1. The molecule has 1 aliphatic carbocycles. The molecular formula is C14H20N2O4. The normalized spacial score (nSPS) is 25.1. The lowest BCUT2D eigenvalue weighted by molar-refractivity contribution is -0.386. The number of nitrogens with zero attached hydrogens (tertiary/aromatic N) is 1. The monoisotopic (exact) mass is 280 g/mol. The minimum atomic E-state index is -0.428. The van der Waals surface area contributed by atoms with E-state index in [1.807, 2.05) is 6.92 Å². The van der Waals surface area contributed by atoms with Crippen molar-refractivity contribution in [3.05, 3.63) is 33.9 Å². The Morgan fingerprint density at radius 1 is 1.50 bits per heavy atom. The maximum absolute atomic E-state index is 11.0. The van der Waals surface area contributed by atoms with Crippen LogP contribution in [0.25, 0.3) is 0 Å². The van der Waals surface area contributed by atoms with Crippen LogP contribution in [0.5, 0.6) is 5.75 Å². The molecule has 3 unspecified atom stereocenters. The van der Waals surface area contributed by atoms with Crippen molar-refractivity contribution in [3.63, 3.8) is 0 Å². The van der Waals surface area contributed by atoms with Gasteiger partial charge in [0.05, 0.1) is 4.92 Å². The minimum Gasteiger partial charge on any atom is -0.480 e. The topological polar surface area (TPSA) is 87.6 Å². The second kappa shape index (κ2) is 6.19. The minimum absolute atomic E-state index is 0.0142. The molecule has 1 aromatic rings. The lowest BCUT2D eigenvalue weighted by Crippen LogP contribution is -2.59. The highest BCUT2D eigenvalue weighted by Crippen LogP contribution is 2.35. The Morgan fingerprint density at radius 3 is 2.85 bits per heavy atom. The molecule has 1 saturated carbocycles. The maximum atomic E-state index is 11.0. The van der Waals surface area contributed by atoms with Gasteiger partial charge in [-0.25, -0.2) is 0 Å². The van der Waals surface area contributed by atoms with Crippen molar-refractivity contribution in [1.82, 2.24) is 0 Å². The van der Waals surface area contributed by atoms with E-state index in [0.717, 1.165) is 12.0 Å². The van der Waals surface area contributed by atoms with Crippen molar-refractivity contribution in [2.75, 3.05) is 6.61 Å². The van der Waals surface area contributed by atoms with Crippen molar-refractivity contribution in [1.29, 1.82) is 0 Å². The molecule has 0 heterocycles. The third-order valence-corrected chi connectivity index (χ3v) is 3.46. The fourth-order valence-electron chi connectivity index (χ4n) is 2.30. The first-order valence-corrected chi connectivity index (χ1v) is 6.82. The average Bonchev–Trinajstić information content (AvgIpc) is 2.40. The number of hydrogen-bond acceptors (Lipinski definition) is 5. The Bertz CT molecular complexity index is 492. The molecule has 20 heavy (non-hydrogen) atoms. The highest BCUT2D eigenvalue weighted by atomic mass is 16.6. The van der Waals surface area contributed by atoms with Gasteiger partial charge in [-0.2, -0.15) is 0 Å². The molecule has 0 aromatic heterocycles. The molecule has 6 nitrogen and oxygen atoms in total. The molecule has 0 radical (unpaired) electrons. The molecular weight excluding hydrogens is 260 g/mol. The number of aryl methyl sites for hydroxylation is 1. The van der Waals surface area contributed by atoms with Crippen molar-refractivity contribution in [2.24, 2.45) is 5.73 Å². The fraction of sp³-hybridized carbons (Fsp3) is 0.571. The van der Waals surface area contributed by atoms with Crippen LogP contribution < -0.4 is 10.5 Å². The van der Waals surface area contributed by atoms with E-state index in [9.17, 15) is 10.1 Å². The van der Waals surface area contributed by atoms with Crippen molar-refractivity contribution in [2.45, 2.75) is 44.9 Å². The van der Waals surface area contributed by atoms with Crippen LogP contribution >= 0.6 is 0 Å². The SMILES string of the molecule is CCCOC1C(N)CC1Oc1c(C)cccc1[N+](=O)[O-]. The lowest BCUT2D eigenvalue weighted by atomic mass is 9.86. The van der Waals surface area contributed by atoms with Crippen LogP contribution in [0.4, 0.5) is 5.69 Å². The van der Waals surface area contributed by atoms with E-state index in [2.05, 4.69) is 0 Å². The molecule has 0 aliphatic heterocycles. The van der Waals surface area contributed by atoms with E-state index in [0.29, 0.717) is 18.8 Å². The standard InChI is InChI=1S/C14H20N2O4/c1-3-7-19-14-10(15)8-12(14)20-13-9(2)5-4-6-11(13)16(17)18/h4-6,10,12,14H,3,7-8,15H2,1-2H3. The van der Waals surface area contributed by atoms with E-state index < -0.39 is 4.92 Å². The smallest absolute Gasteiger partial charge is 0.311 e. The summed E-state index contributed by atoms with van der Waals surface area (Å²) in [6.07, 6.45) is 1.16. The molecule has 2 N–H and O–H groups in total. The van der Waals surface area contributed by atoms with Gasteiger partial charge in [-0.3, -0.25) is 10.1 Å². The van der Waals surface area contributed by atoms with E-state index >= 15 is 0 Å². The van der Waals surface area contributed by atoms with Crippen LogP contribution in [0.2, 0.25) is 0 Å². The molecule has 0 bridgehead atoms. The van der Waals surface area contributed by atoms with E-state index in [4.69, 9.17) is 15.2 Å². The zero-order chi connectivity index (χ0) is 14.7. The molecule has 0 amide bonds. The molecule has 0 saturated heterocycles. The Hall–Kier alpha value is -1.66. The summed E-state index contributed by atoms with van der Waals surface area (Å²) in [5.41, 5.74) is 6.63. The highest BCUT2D eigenvalue weighted by molar-refractivity contribution is 5.51. The van der Waals surface area contributed by atoms with Crippen molar-refractivity contribution in [3.8, 4) is 5.75 Å². The number of ether oxygens (including phenoxy) is 2. The van der Waals surface area contributed by atoms with Crippen LogP contribution in [0.3, 0.4) is 0 Å². The molecule has 110 valence electrons. The van der Waals surface area contributed by atoms with Gasteiger partial charge < -0.3 is 15.2 Å². The van der Waals surface area contributed by atoms with Gasteiger partial charge in [-0.05, 0) is 18.9 Å². The highest BCUT2D eigenvalue weighted by Gasteiger charge is 2.42. The Balaban J connectivity index is 2.12. The summed E-state index contributed by atoms with van der Waals surface area (Å²) in [6, 6.07) is 4.83. The summed E-state index contributed by atoms with van der Waals surface area (Å²) in [6.45, 7) is 4.43. The summed E-state index contributed by atoms with van der Waals surface area (Å²) in [7, 11) is 0. The molecule has 3 atom stereocenters. The predicted molar refractivity (Wildman–Crippen MR) is 74.9 cm³/mol. The summed E-state index contributed by atoms with van der Waals surface area (Å²) in [5, 5.41) is 11.0. The van der Waals surface area contributed by atoms with Gasteiger partial charge in [0.2, 0.25) is 0 Å². The quantitative estimate of drug-likeness (QED) is 0.637. The summed E-state index contributed by atoms with van der Waals surface area (Å²) in [4.78, 5) is 10.6. The Morgan fingerprint density at radius 2 is 2.25 bits per heavy atom. The predicted octanol–water partition coefficient (Wildman–Crippen LogP) is 2.18. The number of hydrogen-bond donors (Lipinski definition) is 1. The third-order valence-electron chi connectivity index (χ3n) is 3.46. The van der Waals surface area contributed by atoms with Crippen LogP contribution in [0.1, 0.15) is 25.3 Å². The lowest BCUT2D eigenvalue weighted by Gasteiger charge is -2.41. The molecule has 1 aliphatic rings. The zero-order valence-corrected chi connectivity index (χ0v) is 11.7. The van der Waals surface area contributed by atoms with Gasteiger partial charge in [0, 0.05) is 25.1 Å². The maximum Gasteiger partial charge on any atom is 0.311 e. The zero-order valence-electron chi connectivity index (χ0n) is 11.7. The van der Waals surface area contributed by atoms with Crippen molar-refractivity contribution >= 4 is 5.69 Å². The van der Waals surface area contributed by atoms with E-state index in [1.54, 1.807) is 19.1 Å². The Kier molecular flexibility index (Phi) is 4.57. The van der Waals surface area contributed by atoms with Gasteiger partial charge in [-0.1, -0.05) is 19.1 Å². The first-order chi connectivity index (χ1) is 9.54. The van der Waals surface area contributed by atoms with Crippen LogP contribution in [-0.4, -0.2) is 29.8 Å². The summed E-state index contributed by atoms with van der Waals surface area (Å²) in [5.74, 6) is 0.319. The number of benzene rings is 1. The van der Waals surface area contributed by atoms with Gasteiger partial charge in [0.25, 0.3) is 0 Å². The largest absolute Gasteiger partial charge is 0.480 e. The van der Waals surface area contributed by atoms with Crippen LogP contribution in [0, 0.1) is 17.0 Å². The molecule has 0 spiro atoms. The summed E-state index contributed by atoms with van der Waals surface area (Å²) >= 11 is 0. The molecule has 6 heteroatoms. The number of nitrogens with two attached hydrogens (primary N) is 1. The fourth-order valence-corrected chi connectivity index (χ4v) is 2.30. The van der Waals surface area contributed by atoms with E-state index in [1.165, 1.54) is 6.07 Å². The van der Waals surface area contributed by atoms with Gasteiger partial charge >= 0.3 is 5.69 Å². The van der Waals surface area contributed by atoms with E-state index in [-0.39, 0.29) is 23.9 Å². The molecule has 1 fully saturated rings. The third kappa shape index (κ3) is 2.91.